The molecule has 0 fully saturated rings. The van der Waals surface area contributed by atoms with Gasteiger partial charge in [-0.15, -0.1) is 6.58 Å². The Balaban J connectivity index is 1.91. The van der Waals surface area contributed by atoms with Crippen molar-refractivity contribution in [3.8, 4) is 0 Å². The summed E-state index contributed by atoms with van der Waals surface area (Å²) in [4.78, 5) is 17.6. The topological polar surface area (TPSA) is 66.6 Å². The predicted molar refractivity (Wildman–Crippen MR) is 90.8 cm³/mol. The molecule has 1 aliphatic rings. The standard InChI is InChI=1S/C19H14F2N2O3/c1-2-11-23-14-9-5-3-7-12(14)18(25,17(23)24)19(20,21)16-22-13-8-4-6-10-15(13)26-16/h2-10,25H,1,11H2. The van der Waals surface area contributed by atoms with E-state index in [2.05, 4.69) is 11.6 Å². The molecule has 1 aromatic heterocycles. The van der Waals surface area contributed by atoms with Crippen LogP contribution in [0.2, 0.25) is 0 Å². The van der Waals surface area contributed by atoms with E-state index in [0.717, 1.165) is 4.90 Å². The molecule has 4 rings (SSSR count). The number of fused-ring (bicyclic) bond motifs is 2. The van der Waals surface area contributed by atoms with Crippen molar-refractivity contribution in [1.82, 2.24) is 4.98 Å². The van der Waals surface area contributed by atoms with E-state index in [1.165, 1.54) is 36.4 Å². The number of hydrogen-bond acceptors (Lipinski definition) is 4. The minimum Gasteiger partial charge on any atom is -0.435 e. The molecule has 132 valence electrons. The predicted octanol–water partition coefficient (Wildman–Crippen LogP) is 3.34. The largest absolute Gasteiger partial charge is 0.435 e. The van der Waals surface area contributed by atoms with Crippen molar-refractivity contribution in [3.05, 3.63) is 72.6 Å². The number of carbonyl (C=O) groups excluding carboxylic acids is 1. The van der Waals surface area contributed by atoms with Crippen LogP contribution in [0.3, 0.4) is 0 Å². The maximum absolute atomic E-state index is 15.3. The van der Waals surface area contributed by atoms with Gasteiger partial charge in [0.15, 0.2) is 5.58 Å². The lowest BCUT2D eigenvalue weighted by atomic mass is 9.88. The average molecular weight is 356 g/mol. The van der Waals surface area contributed by atoms with Gasteiger partial charge in [-0.25, -0.2) is 4.98 Å². The van der Waals surface area contributed by atoms with Crippen molar-refractivity contribution in [2.24, 2.45) is 0 Å². The highest BCUT2D eigenvalue weighted by atomic mass is 19.3. The molecule has 0 spiro atoms. The summed E-state index contributed by atoms with van der Waals surface area (Å²) in [5, 5.41) is 10.9. The second-order valence-corrected chi connectivity index (χ2v) is 5.99. The van der Waals surface area contributed by atoms with Gasteiger partial charge in [0.1, 0.15) is 5.52 Å². The smallest absolute Gasteiger partial charge is 0.363 e. The van der Waals surface area contributed by atoms with Gasteiger partial charge in [0.25, 0.3) is 11.8 Å². The van der Waals surface area contributed by atoms with Gasteiger partial charge in [-0.3, -0.25) is 4.79 Å². The maximum Gasteiger partial charge on any atom is 0.363 e. The molecule has 1 atom stereocenters. The lowest BCUT2D eigenvalue weighted by Crippen LogP contribution is -2.51. The number of aliphatic hydroxyl groups is 1. The molecule has 1 amide bonds. The summed E-state index contributed by atoms with van der Waals surface area (Å²) in [6, 6.07) is 12.1. The second kappa shape index (κ2) is 5.47. The lowest BCUT2D eigenvalue weighted by Gasteiger charge is -2.29. The summed E-state index contributed by atoms with van der Waals surface area (Å²) in [6.07, 6.45) is 1.40. The quantitative estimate of drug-likeness (QED) is 0.728. The first-order chi connectivity index (χ1) is 12.4. The van der Waals surface area contributed by atoms with E-state index in [0.29, 0.717) is 0 Å². The summed E-state index contributed by atoms with van der Waals surface area (Å²) in [7, 11) is 0. The Hall–Kier alpha value is -3.06. The number of rotatable bonds is 4. The molecule has 2 aromatic carbocycles. The summed E-state index contributed by atoms with van der Waals surface area (Å²) >= 11 is 0. The van der Waals surface area contributed by atoms with Crippen molar-refractivity contribution < 1.29 is 23.1 Å². The summed E-state index contributed by atoms with van der Waals surface area (Å²) in [5.41, 5.74) is -2.75. The molecule has 3 aromatic rings. The van der Waals surface area contributed by atoms with Crippen LogP contribution in [-0.2, 0) is 16.3 Å². The highest BCUT2D eigenvalue weighted by Gasteiger charge is 2.68. The van der Waals surface area contributed by atoms with Gasteiger partial charge in [-0.1, -0.05) is 36.4 Å². The fourth-order valence-corrected chi connectivity index (χ4v) is 3.21. The van der Waals surface area contributed by atoms with Crippen LogP contribution in [-0.4, -0.2) is 22.5 Å². The summed E-state index contributed by atoms with van der Waals surface area (Å²) in [6.45, 7) is 3.52. The number of alkyl halides is 2. The van der Waals surface area contributed by atoms with Crippen molar-refractivity contribution >= 4 is 22.7 Å². The van der Waals surface area contributed by atoms with Crippen LogP contribution in [0.5, 0.6) is 0 Å². The van der Waals surface area contributed by atoms with Crippen LogP contribution >= 0.6 is 0 Å². The Labute approximate surface area is 147 Å². The van der Waals surface area contributed by atoms with E-state index in [1.807, 2.05) is 0 Å². The fourth-order valence-electron chi connectivity index (χ4n) is 3.21. The number of para-hydroxylation sites is 3. The second-order valence-electron chi connectivity index (χ2n) is 5.99. The van der Waals surface area contributed by atoms with E-state index < -0.39 is 23.3 Å². The molecule has 2 heterocycles. The number of oxazole rings is 1. The maximum atomic E-state index is 15.3. The molecular weight excluding hydrogens is 342 g/mol. The molecule has 26 heavy (non-hydrogen) atoms. The van der Waals surface area contributed by atoms with Gasteiger partial charge < -0.3 is 14.4 Å². The Morgan fingerprint density at radius 2 is 1.92 bits per heavy atom. The molecule has 0 saturated carbocycles. The number of benzene rings is 2. The molecule has 0 bridgehead atoms. The van der Waals surface area contributed by atoms with E-state index in [-0.39, 0.29) is 28.9 Å². The highest BCUT2D eigenvalue weighted by molar-refractivity contribution is 6.07. The number of amides is 1. The van der Waals surface area contributed by atoms with Crippen LogP contribution in [0.15, 0.2) is 65.6 Å². The summed E-state index contributed by atoms with van der Waals surface area (Å²) < 4.78 is 35.9. The number of nitrogens with zero attached hydrogens (tertiary/aromatic N) is 2. The number of hydrogen-bond donors (Lipinski definition) is 1. The van der Waals surface area contributed by atoms with Gasteiger partial charge in [0, 0.05) is 12.1 Å². The molecule has 0 saturated heterocycles. The van der Waals surface area contributed by atoms with E-state index in [4.69, 9.17) is 4.42 Å². The van der Waals surface area contributed by atoms with Crippen molar-refractivity contribution in [1.29, 1.82) is 0 Å². The van der Waals surface area contributed by atoms with E-state index in [9.17, 15) is 9.90 Å². The fraction of sp³-hybridized carbons (Fsp3) is 0.158. The van der Waals surface area contributed by atoms with Gasteiger partial charge in [0.2, 0.25) is 5.60 Å². The van der Waals surface area contributed by atoms with Gasteiger partial charge in [-0.05, 0) is 18.2 Å². The zero-order valence-electron chi connectivity index (χ0n) is 13.5. The van der Waals surface area contributed by atoms with Gasteiger partial charge in [0.05, 0.1) is 5.69 Å². The monoisotopic (exact) mass is 356 g/mol. The zero-order chi connectivity index (χ0) is 18.5. The van der Waals surface area contributed by atoms with E-state index >= 15 is 8.78 Å². The Bertz CT molecular complexity index is 997. The third kappa shape index (κ3) is 1.97. The molecule has 1 unspecified atom stereocenters. The number of carbonyl (C=O) groups is 1. The molecule has 0 radical (unpaired) electrons. The van der Waals surface area contributed by atoms with Crippen molar-refractivity contribution in [2.45, 2.75) is 11.5 Å². The molecule has 0 aliphatic carbocycles. The third-order valence-corrected chi connectivity index (χ3v) is 4.47. The summed E-state index contributed by atoms with van der Waals surface area (Å²) in [5.74, 6) is -6.23. The number of halogens is 2. The van der Waals surface area contributed by atoms with Crippen LogP contribution < -0.4 is 4.90 Å². The van der Waals surface area contributed by atoms with Crippen LogP contribution in [0.4, 0.5) is 14.5 Å². The molecule has 7 heteroatoms. The minimum atomic E-state index is -4.07. The number of aromatic nitrogens is 1. The minimum absolute atomic E-state index is 0.0121. The van der Waals surface area contributed by atoms with Crippen LogP contribution in [0, 0.1) is 0 Å². The van der Waals surface area contributed by atoms with Crippen LogP contribution in [0.1, 0.15) is 11.5 Å². The molecule has 1 N–H and O–H groups in total. The van der Waals surface area contributed by atoms with Crippen LogP contribution in [0.25, 0.3) is 11.1 Å². The number of anilines is 1. The first-order valence-corrected chi connectivity index (χ1v) is 7.90. The highest BCUT2D eigenvalue weighted by Crippen LogP contribution is 2.53. The normalized spacial score (nSPS) is 19.8. The lowest BCUT2D eigenvalue weighted by molar-refractivity contribution is -0.204. The zero-order valence-corrected chi connectivity index (χ0v) is 13.5. The molecule has 1 aliphatic heterocycles. The molecular formula is C19H14F2N2O3. The van der Waals surface area contributed by atoms with Gasteiger partial charge >= 0.3 is 5.92 Å². The van der Waals surface area contributed by atoms with Gasteiger partial charge in [-0.2, -0.15) is 8.78 Å². The van der Waals surface area contributed by atoms with Crippen molar-refractivity contribution in [3.63, 3.8) is 0 Å². The Morgan fingerprint density at radius 1 is 1.23 bits per heavy atom. The van der Waals surface area contributed by atoms with E-state index in [1.54, 1.807) is 18.2 Å². The first-order valence-electron chi connectivity index (χ1n) is 7.90. The van der Waals surface area contributed by atoms with Crippen molar-refractivity contribution in [2.75, 3.05) is 11.4 Å². The Kier molecular flexibility index (Phi) is 3.45. The first kappa shape index (κ1) is 16.4. The third-order valence-electron chi connectivity index (χ3n) is 4.47. The molecule has 5 nitrogen and oxygen atoms in total. The SMILES string of the molecule is C=CCN1C(=O)C(O)(C(F)(F)c2nc3ccccc3o2)c2ccccc21. The average Bonchev–Trinajstić information content (AvgIpc) is 3.17. The Morgan fingerprint density at radius 3 is 2.65 bits per heavy atom.